The maximum Gasteiger partial charge on any atom is 0.337 e. The number of hydrogen-bond acceptors (Lipinski definition) is 4. The summed E-state index contributed by atoms with van der Waals surface area (Å²) < 4.78 is 2.48. The normalized spacial score (nSPS) is 11.8. The minimum absolute atomic E-state index is 0.0741. The number of carbonyl (C=O) groups is 1. The van der Waals surface area contributed by atoms with Gasteiger partial charge in [0.2, 0.25) is 5.91 Å². The van der Waals surface area contributed by atoms with Crippen LogP contribution in [0.25, 0.3) is 0 Å². The van der Waals surface area contributed by atoms with Crippen LogP contribution in [0.2, 0.25) is 0 Å². The van der Waals surface area contributed by atoms with Crippen LogP contribution in [-0.4, -0.2) is 19.6 Å². The summed E-state index contributed by atoms with van der Waals surface area (Å²) in [5.41, 5.74) is -1.54. The van der Waals surface area contributed by atoms with Crippen LogP contribution in [0.4, 0.5) is 0 Å². The van der Waals surface area contributed by atoms with Crippen LogP contribution in [0.3, 0.4) is 0 Å². The summed E-state index contributed by atoms with van der Waals surface area (Å²) in [6, 6.07) is 9.15. The second-order valence-electron chi connectivity index (χ2n) is 6.93. The molecule has 0 saturated heterocycles. The fraction of sp³-hybridized carbons (Fsp3) is 0.333. The monoisotopic (exact) mass is 398 g/mol. The standard InChI is InChI=1S/C21H26N4O4/c1-5-12-23-19(27)24(13-6-2)21(29)25(20(23)28)14-17(26)22-18(15(3)4)16-10-8-7-9-11-16/h5-11,15,18H,1-2,12-14H2,3-4H3,(H,22,26). The second kappa shape index (κ2) is 9.68. The summed E-state index contributed by atoms with van der Waals surface area (Å²) in [6.07, 6.45) is 2.75. The molecule has 1 amide bonds. The van der Waals surface area contributed by atoms with Crippen LogP contribution in [0.5, 0.6) is 0 Å². The van der Waals surface area contributed by atoms with Gasteiger partial charge in [-0.25, -0.2) is 28.1 Å². The molecule has 8 heteroatoms. The third kappa shape index (κ3) is 4.90. The SMILES string of the molecule is C=CCn1c(=O)n(CC=C)c(=O)n(CC(=O)NC(c2ccccc2)C(C)C)c1=O. The molecule has 1 aromatic heterocycles. The van der Waals surface area contributed by atoms with Gasteiger partial charge in [-0.05, 0) is 11.5 Å². The highest BCUT2D eigenvalue weighted by atomic mass is 16.2. The van der Waals surface area contributed by atoms with Gasteiger partial charge in [-0.1, -0.05) is 56.3 Å². The Morgan fingerprint density at radius 2 is 1.41 bits per heavy atom. The average Bonchev–Trinajstić information content (AvgIpc) is 2.70. The molecule has 1 N–H and O–H groups in total. The number of allylic oxidation sites excluding steroid dienone is 2. The second-order valence-corrected chi connectivity index (χ2v) is 6.93. The molecule has 1 aromatic carbocycles. The van der Waals surface area contributed by atoms with Gasteiger partial charge in [0.15, 0.2) is 0 Å². The van der Waals surface area contributed by atoms with Gasteiger partial charge in [0, 0.05) is 0 Å². The van der Waals surface area contributed by atoms with Gasteiger partial charge in [-0.3, -0.25) is 4.79 Å². The van der Waals surface area contributed by atoms with E-state index in [4.69, 9.17) is 0 Å². The van der Waals surface area contributed by atoms with Crippen LogP contribution in [0.15, 0.2) is 70.0 Å². The fourth-order valence-corrected chi connectivity index (χ4v) is 3.05. The van der Waals surface area contributed by atoms with Crippen LogP contribution in [0.1, 0.15) is 25.5 Å². The third-order valence-electron chi connectivity index (χ3n) is 4.45. The first kappa shape index (κ1) is 21.9. The Hall–Kier alpha value is -3.42. The molecule has 1 atom stereocenters. The predicted octanol–water partition coefficient (Wildman–Crippen LogP) is 1.06. The summed E-state index contributed by atoms with van der Waals surface area (Å²) in [5.74, 6) is -0.411. The zero-order chi connectivity index (χ0) is 21.6. The van der Waals surface area contributed by atoms with Crippen LogP contribution >= 0.6 is 0 Å². The lowest BCUT2D eigenvalue weighted by Crippen LogP contribution is -2.55. The molecule has 0 spiro atoms. The van der Waals surface area contributed by atoms with Crippen LogP contribution in [-0.2, 0) is 24.4 Å². The van der Waals surface area contributed by atoms with E-state index in [0.29, 0.717) is 0 Å². The summed E-state index contributed by atoms with van der Waals surface area (Å²) >= 11 is 0. The number of hydrogen-bond donors (Lipinski definition) is 1. The smallest absolute Gasteiger partial charge is 0.337 e. The van der Waals surface area contributed by atoms with Gasteiger partial charge in [-0.15, -0.1) is 13.2 Å². The van der Waals surface area contributed by atoms with E-state index in [1.165, 1.54) is 12.2 Å². The maximum atomic E-state index is 12.7. The number of rotatable bonds is 9. The third-order valence-corrected chi connectivity index (χ3v) is 4.45. The number of amides is 1. The first-order valence-electron chi connectivity index (χ1n) is 9.32. The molecule has 29 heavy (non-hydrogen) atoms. The van der Waals surface area contributed by atoms with Crippen molar-refractivity contribution in [3.8, 4) is 0 Å². The van der Waals surface area contributed by atoms with E-state index in [2.05, 4.69) is 18.5 Å². The van der Waals surface area contributed by atoms with Crippen molar-refractivity contribution in [3.63, 3.8) is 0 Å². The number of nitrogens with one attached hydrogen (secondary N) is 1. The fourth-order valence-electron chi connectivity index (χ4n) is 3.05. The molecular weight excluding hydrogens is 372 g/mol. The van der Waals surface area contributed by atoms with Gasteiger partial charge in [0.05, 0.1) is 19.1 Å². The van der Waals surface area contributed by atoms with E-state index in [-0.39, 0.29) is 25.0 Å². The van der Waals surface area contributed by atoms with Crippen LogP contribution < -0.4 is 22.4 Å². The Kier molecular flexibility index (Phi) is 7.30. The van der Waals surface area contributed by atoms with Crippen molar-refractivity contribution in [2.45, 2.75) is 39.5 Å². The van der Waals surface area contributed by atoms with Crippen molar-refractivity contribution < 1.29 is 4.79 Å². The quantitative estimate of drug-likeness (QED) is 0.639. The molecule has 0 aliphatic carbocycles. The minimum atomic E-state index is -0.851. The zero-order valence-corrected chi connectivity index (χ0v) is 16.7. The van der Waals surface area contributed by atoms with Crippen LogP contribution in [0, 0.1) is 5.92 Å². The number of benzene rings is 1. The van der Waals surface area contributed by atoms with Gasteiger partial charge < -0.3 is 5.32 Å². The molecule has 0 aliphatic heterocycles. The van der Waals surface area contributed by atoms with E-state index < -0.39 is 29.5 Å². The summed E-state index contributed by atoms with van der Waals surface area (Å²) in [4.78, 5) is 50.4. The van der Waals surface area contributed by atoms with Crippen molar-refractivity contribution in [1.82, 2.24) is 19.0 Å². The Bertz CT molecular complexity index is 1010. The maximum absolute atomic E-state index is 12.7. The molecular formula is C21H26N4O4. The highest BCUT2D eigenvalue weighted by Crippen LogP contribution is 2.21. The zero-order valence-electron chi connectivity index (χ0n) is 16.7. The number of aromatic nitrogens is 3. The van der Waals surface area contributed by atoms with E-state index in [1.807, 2.05) is 44.2 Å². The molecule has 0 aliphatic rings. The molecule has 2 aromatic rings. The van der Waals surface area contributed by atoms with E-state index in [0.717, 1.165) is 19.3 Å². The summed E-state index contributed by atoms with van der Waals surface area (Å²) in [6.45, 7) is 10.3. The lowest BCUT2D eigenvalue weighted by molar-refractivity contribution is -0.122. The average molecular weight is 398 g/mol. The molecule has 0 bridgehead atoms. The largest absolute Gasteiger partial charge is 0.347 e. The van der Waals surface area contributed by atoms with Crippen molar-refractivity contribution in [3.05, 3.63) is 92.7 Å². The van der Waals surface area contributed by atoms with Crippen molar-refractivity contribution >= 4 is 5.91 Å². The molecule has 1 heterocycles. The van der Waals surface area contributed by atoms with Gasteiger partial charge >= 0.3 is 17.1 Å². The Labute approximate surface area is 168 Å². The Morgan fingerprint density at radius 1 is 0.931 bits per heavy atom. The summed E-state index contributed by atoms with van der Waals surface area (Å²) in [7, 11) is 0. The van der Waals surface area contributed by atoms with Crippen molar-refractivity contribution in [2.24, 2.45) is 5.92 Å². The van der Waals surface area contributed by atoms with Gasteiger partial charge in [-0.2, -0.15) is 0 Å². The highest BCUT2D eigenvalue weighted by Gasteiger charge is 2.21. The lowest BCUT2D eigenvalue weighted by atomic mass is 9.96. The van der Waals surface area contributed by atoms with Crippen molar-refractivity contribution in [1.29, 1.82) is 0 Å². The first-order valence-corrected chi connectivity index (χ1v) is 9.32. The van der Waals surface area contributed by atoms with Gasteiger partial charge in [0.1, 0.15) is 6.54 Å². The highest BCUT2D eigenvalue weighted by molar-refractivity contribution is 5.76. The molecule has 2 rings (SSSR count). The topological polar surface area (TPSA) is 95.1 Å². The number of carbonyl (C=O) groups excluding carboxylic acids is 1. The minimum Gasteiger partial charge on any atom is -0.347 e. The van der Waals surface area contributed by atoms with E-state index in [9.17, 15) is 19.2 Å². The molecule has 0 fully saturated rings. The lowest BCUT2D eigenvalue weighted by Gasteiger charge is -2.23. The predicted molar refractivity (Wildman–Crippen MR) is 112 cm³/mol. The molecule has 8 nitrogen and oxygen atoms in total. The molecule has 154 valence electrons. The first-order chi connectivity index (χ1) is 13.8. The van der Waals surface area contributed by atoms with Crippen molar-refractivity contribution in [2.75, 3.05) is 0 Å². The van der Waals surface area contributed by atoms with E-state index in [1.54, 1.807) is 0 Å². The summed E-state index contributed by atoms with van der Waals surface area (Å²) in [5, 5.41) is 2.88. The molecule has 0 saturated carbocycles. The van der Waals surface area contributed by atoms with E-state index >= 15 is 0 Å². The number of nitrogens with zero attached hydrogens (tertiary/aromatic N) is 3. The Morgan fingerprint density at radius 3 is 1.86 bits per heavy atom. The molecule has 1 unspecified atom stereocenters. The van der Waals surface area contributed by atoms with Gasteiger partial charge in [0.25, 0.3) is 0 Å². The molecule has 0 radical (unpaired) electrons. The Balaban J connectivity index is 2.42.